The monoisotopic (exact) mass is 376 g/mol. The molecule has 0 aliphatic carbocycles. The number of likely N-dealkylation sites (tertiary alicyclic amines) is 1. The Morgan fingerprint density at radius 2 is 1.92 bits per heavy atom. The fourth-order valence-electron chi connectivity index (χ4n) is 3.40. The molecular formula is C16H20ClF3N4O. The molecule has 1 aromatic rings. The SMILES string of the molecule is N[C@@H]1CCN(C(=O)C2CCN(c3ncc(C(F)(F)F)cc3Cl)CC2)C1. The number of amides is 1. The summed E-state index contributed by atoms with van der Waals surface area (Å²) in [4.78, 5) is 20.0. The van der Waals surface area contributed by atoms with E-state index in [1.54, 1.807) is 0 Å². The average molecular weight is 377 g/mol. The highest BCUT2D eigenvalue weighted by Gasteiger charge is 2.34. The highest BCUT2D eigenvalue weighted by Crippen LogP contribution is 2.34. The molecule has 5 nitrogen and oxygen atoms in total. The molecule has 0 spiro atoms. The smallest absolute Gasteiger partial charge is 0.355 e. The van der Waals surface area contributed by atoms with E-state index in [0.29, 0.717) is 44.8 Å². The van der Waals surface area contributed by atoms with E-state index in [2.05, 4.69) is 4.98 Å². The average Bonchev–Trinajstić information content (AvgIpc) is 3.00. The molecule has 0 radical (unpaired) electrons. The van der Waals surface area contributed by atoms with Crippen LogP contribution in [0.25, 0.3) is 0 Å². The molecule has 25 heavy (non-hydrogen) atoms. The summed E-state index contributed by atoms with van der Waals surface area (Å²) >= 11 is 5.99. The second-order valence-corrected chi connectivity index (χ2v) is 7.03. The molecule has 138 valence electrons. The predicted molar refractivity (Wildman–Crippen MR) is 88.4 cm³/mol. The molecule has 9 heteroatoms. The number of piperidine rings is 1. The van der Waals surface area contributed by atoms with Crippen LogP contribution in [0, 0.1) is 5.92 Å². The summed E-state index contributed by atoms with van der Waals surface area (Å²) < 4.78 is 38.1. The first kappa shape index (κ1) is 18.3. The predicted octanol–water partition coefficient (Wildman–Crippen LogP) is 2.53. The Labute approximate surface area is 148 Å². The van der Waals surface area contributed by atoms with Crippen molar-refractivity contribution in [2.24, 2.45) is 11.7 Å². The number of hydrogen-bond acceptors (Lipinski definition) is 4. The van der Waals surface area contributed by atoms with Crippen LogP contribution in [0.5, 0.6) is 0 Å². The Hall–Kier alpha value is -1.54. The molecule has 0 unspecified atom stereocenters. The van der Waals surface area contributed by atoms with Crippen molar-refractivity contribution in [2.75, 3.05) is 31.1 Å². The number of hydrogen-bond donors (Lipinski definition) is 1. The first-order chi connectivity index (χ1) is 11.8. The van der Waals surface area contributed by atoms with Gasteiger partial charge in [0.15, 0.2) is 0 Å². The van der Waals surface area contributed by atoms with Gasteiger partial charge in [-0.3, -0.25) is 4.79 Å². The van der Waals surface area contributed by atoms with Gasteiger partial charge in [0, 0.05) is 44.3 Å². The van der Waals surface area contributed by atoms with Crippen molar-refractivity contribution in [1.29, 1.82) is 0 Å². The maximum absolute atomic E-state index is 12.7. The molecule has 2 fully saturated rings. The van der Waals surface area contributed by atoms with E-state index in [4.69, 9.17) is 17.3 Å². The first-order valence-electron chi connectivity index (χ1n) is 8.28. The third-order valence-electron chi connectivity index (χ3n) is 4.83. The van der Waals surface area contributed by atoms with E-state index in [-0.39, 0.29) is 22.9 Å². The van der Waals surface area contributed by atoms with Gasteiger partial charge in [-0.2, -0.15) is 13.2 Å². The molecule has 0 bridgehead atoms. The van der Waals surface area contributed by atoms with Crippen molar-refractivity contribution < 1.29 is 18.0 Å². The largest absolute Gasteiger partial charge is 0.417 e. The molecule has 2 N–H and O–H groups in total. The lowest BCUT2D eigenvalue weighted by atomic mass is 9.95. The highest BCUT2D eigenvalue weighted by atomic mass is 35.5. The van der Waals surface area contributed by atoms with E-state index in [0.717, 1.165) is 18.7 Å². The third kappa shape index (κ3) is 4.00. The van der Waals surface area contributed by atoms with Crippen LogP contribution in [0.2, 0.25) is 5.02 Å². The van der Waals surface area contributed by atoms with Crippen LogP contribution in [0.15, 0.2) is 12.3 Å². The zero-order valence-electron chi connectivity index (χ0n) is 13.6. The number of rotatable bonds is 2. The minimum Gasteiger partial charge on any atom is -0.355 e. The molecule has 2 aliphatic heterocycles. The summed E-state index contributed by atoms with van der Waals surface area (Å²) in [6.45, 7) is 2.38. The van der Waals surface area contributed by atoms with Crippen LogP contribution in [-0.2, 0) is 11.0 Å². The maximum Gasteiger partial charge on any atom is 0.417 e. The maximum atomic E-state index is 12.7. The summed E-state index contributed by atoms with van der Waals surface area (Å²) in [6.07, 6.45) is -1.59. The van der Waals surface area contributed by atoms with Gasteiger partial charge in [0.2, 0.25) is 5.91 Å². The van der Waals surface area contributed by atoms with Gasteiger partial charge in [-0.15, -0.1) is 0 Å². The number of carbonyl (C=O) groups excluding carboxylic acids is 1. The van der Waals surface area contributed by atoms with Crippen LogP contribution in [0.1, 0.15) is 24.8 Å². The van der Waals surface area contributed by atoms with Gasteiger partial charge >= 0.3 is 6.18 Å². The van der Waals surface area contributed by atoms with Crippen molar-refractivity contribution in [2.45, 2.75) is 31.5 Å². The molecule has 3 heterocycles. The number of pyridine rings is 1. The van der Waals surface area contributed by atoms with Crippen molar-refractivity contribution in [3.63, 3.8) is 0 Å². The van der Waals surface area contributed by atoms with Gasteiger partial charge in [-0.1, -0.05) is 11.6 Å². The van der Waals surface area contributed by atoms with Crippen LogP contribution in [-0.4, -0.2) is 48.0 Å². The molecular weight excluding hydrogens is 357 g/mol. The van der Waals surface area contributed by atoms with Gasteiger partial charge < -0.3 is 15.5 Å². The Morgan fingerprint density at radius 1 is 1.24 bits per heavy atom. The number of halogens is 4. The summed E-state index contributed by atoms with van der Waals surface area (Å²) in [5.74, 6) is 0.387. The van der Waals surface area contributed by atoms with Crippen molar-refractivity contribution >= 4 is 23.3 Å². The number of aromatic nitrogens is 1. The molecule has 0 saturated carbocycles. The molecule has 0 aromatic carbocycles. The summed E-state index contributed by atoms with van der Waals surface area (Å²) in [5, 5.41) is -0.0230. The molecule has 1 amide bonds. The third-order valence-corrected chi connectivity index (χ3v) is 5.11. The van der Waals surface area contributed by atoms with Crippen LogP contribution in [0.4, 0.5) is 19.0 Å². The van der Waals surface area contributed by atoms with E-state index >= 15 is 0 Å². The lowest BCUT2D eigenvalue weighted by molar-refractivity contribution is -0.138. The van der Waals surface area contributed by atoms with Gasteiger partial charge in [-0.25, -0.2) is 4.98 Å². The minimum absolute atomic E-state index is 0.0230. The zero-order valence-corrected chi connectivity index (χ0v) is 14.4. The number of nitrogens with zero attached hydrogens (tertiary/aromatic N) is 3. The standard InChI is InChI=1S/C16H20ClF3N4O/c17-13-7-11(16(18,19)20)8-22-14(13)23-4-1-10(2-5-23)15(25)24-6-3-12(21)9-24/h7-8,10,12H,1-6,9,21H2/t12-/m1/s1. The minimum atomic E-state index is -4.47. The second-order valence-electron chi connectivity index (χ2n) is 6.62. The zero-order chi connectivity index (χ0) is 18.2. The van der Waals surface area contributed by atoms with Crippen LogP contribution in [0.3, 0.4) is 0 Å². The Balaban J connectivity index is 1.62. The van der Waals surface area contributed by atoms with Gasteiger partial charge in [0.25, 0.3) is 0 Å². The van der Waals surface area contributed by atoms with E-state index in [9.17, 15) is 18.0 Å². The lowest BCUT2D eigenvalue weighted by Gasteiger charge is -2.34. The Bertz CT molecular complexity index is 647. The lowest BCUT2D eigenvalue weighted by Crippen LogP contribution is -2.42. The van der Waals surface area contributed by atoms with Gasteiger partial charge in [-0.05, 0) is 25.3 Å². The van der Waals surface area contributed by atoms with Crippen LogP contribution >= 0.6 is 11.6 Å². The van der Waals surface area contributed by atoms with E-state index in [1.165, 1.54) is 0 Å². The number of alkyl halides is 3. The van der Waals surface area contributed by atoms with Crippen molar-refractivity contribution in [1.82, 2.24) is 9.88 Å². The Morgan fingerprint density at radius 3 is 2.44 bits per heavy atom. The topological polar surface area (TPSA) is 62.5 Å². The highest BCUT2D eigenvalue weighted by molar-refractivity contribution is 6.33. The first-order valence-corrected chi connectivity index (χ1v) is 8.65. The Kier molecular flexibility index (Phi) is 5.11. The van der Waals surface area contributed by atoms with E-state index < -0.39 is 11.7 Å². The van der Waals surface area contributed by atoms with Gasteiger partial charge in [0.1, 0.15) is 5.82 Å². The van der Waals surface area contributed by atoms with Crippen molar-refractivity contribution in [3.8, 4) is 0 Å². The number of carbonyl (C=O) groups is 1. The summed E-state index contributed by atoms with van der Waals surface area (Å²) in [5.41, 5.74) is 4.98. The summed E-state index contributed by atoms with van der Waals surface area (Å²) in [7, 11) is 0. The van der Waals surface area contributed by atoms with Gasteiger partial charge in [0.05, 0.1) is 10.6 Å². The fraction of sp³-hybridized carbons (Fsp3) is 0.625. The molecule has 2 saturated heterocycles. The quantitative estimate of drug-likeness (QED) is 0.861. The molecule has 3 rings (SSSR count). The van der Waals surface area contributed by atoms with E-state index in [1.807, 2.05) is 9.80 Å². The fourth-order valence-corrected chi connectivity index (χ4v) is 3.69. The second kappa shape index (κ2) is 6.99. The molecule has 1 atom stereocenters. The number of nitrogens with two attached hydrogens (primary N) is 1. The number of anilines is 1. The van der Waals surface area contributed by atoms with Crippen molar-refractivity contribution in [3.05, 3.63) is 22.8 Å². The summed E-state index contributed by atoms with van der Waals surface area (Å²) in [6, 6.07) is 0.950. The molecule has 2 aliphatic rings. The normalized spacial score (nSPS) is 22.5. The molecule has 1 aromatic heterocycles. The van der Waals surface area contributed by atoms with Crippen LogP contribution < -0.4 is 10.6 Å².